The lowest BCUT2D eigenvalue weighted by Gasteiger charge is -2.17. The molecule has 1 aliphatic rings. The van der Waals surface area contributed by atoms with Crippen LogP contribution in [0.1, 0.15) is 28.9 Å². The zero-order chi connectivity index (χ0) is 18.5. The van der Waals surface area contributed by atoms with Gasteiger partial charge in [-0.05, 0) is 30.7 Å². The highest BCUT2D eigenvalue weighted by atomic mass is 32.2. The smallest absolute Gasteiger partial charge is 0.338 e. The number of hydrogen-bond acceptors (Lipinski definition) is 5. The summed E-state index contributed by atoms with van der Waals surface area (Å²) in [5.74, 6) is -0.740. The van der Waals surface area contributed by atoms with E-state index in [4.69, 9.17) is 4.74 Å². The lowest BCUT2D eigenvalue weighted by molar-refractivity contribution is -0.124. The molecule has 7 heteroatoms. The maximum absolute atomic E-state index is 12.2. The molecule has 0 spiro atoms. The molecule has 0 saturated heterocycles. The van der Waals surface area contributed by atoms with E-state index in [0.29, 0.717) is 11.4 Å². The van der Waals surface area contributed by atoms with Crippen LogP contribution in [0.2, 0.25) is 0 Å². The standard InChI is InChI=1S/C19H18N2O4S/c1-12(13-5-3-2-4-6-13)20-17(22)10-25-19(24)14-7-8-16-15(9-14)21-18(23)11-26-16/h2-9,12H,10-11H2,1H3,(H,20,22)(H,21,23)/t12-/m1/s1. The third-order valence-electron chi connectivity index (χ3n) is 3.86. The number of thioether (sulfide) groups is 1. The van der Waals surface area contributed by atoms with E-state index >= 15 is 0 Å². The van der Waals surface area contributed by atoms with Crippen LogP contribution < -0.4 is 10.6 Å². The van der Waals surface area contributed by atoms with Gasteiger partial charge >= 0.3 is 5.97 Å². The first-order valence-corrected chi connectivity index (χ1v) is 9.09. The molecule has 0 fully saturated rings. The average molecular weight is 370 g/mol. The molecule has 0 unspecified atom stereocenters. The van der Waals surface area contributed by atoms with Crippen molar-refractivity contribution >= 4 is 35.2 Å². The van der Waals surface area contributed by atoms with Crippen LogP contribution in [-0.4, -0.2) is 30.1 Å². The topological polar surface area (TPSA) is 84.5 Å². The Morgan fingerprint density at radius 1 is 1.23 bits per heavy atom. The van der Waals surface area contributed by atoms with Crippen molar-refractivity contribution in [1.29, 1.82) is 0 Å². The van der Waals surface area contributed by atoms with Crippen LogP contribution in [0.5, 0.6) is 0 Å². The van der Waals surface area contributed by atoms with Gasteiger partial charge in [0, 0.05) is 4.90 Å². The van der Waals surface area contributed by atoms with Gasteiger partial charge in [0.25, 0.3) is 5.91 Å². The Kier molecular flexibility index (Phi) is 5.58. The summed E-state index contributed by atoms with van der Waals surface area (Å²) in [7, 11) is 0. The fourth-order valence-electron chi connectivity index (χ4n) is 2.53. The third kappa shape index (κ3) is 4.43. The van der Waals surface area contributed by atoms with Crippen molar-refractivity contribution in [2.45, 2.75) is 17.9 Å². The van der Waals surface area contributed by atoms with Crippen molar-refractivity contribution in [3.05, 3.63) is 59.7 Å². The highest BCUT2D eigenvalue weighted by Gasteiger charge is 2.18. The fraction of sp³-hybridized carbons (Fsp3) is 0.211. The van der Waals surface area contributed by atoms with Crippen LogP contribution in [0.4, 0.5) is 5.69 Å². The van der Waals surface area contributed by atoms with Gasteiger partial charge in [0.15, 0.2) is 6.61 Å². The quantitative estimate of drug-likeness (QED) is 0.791. The Labute approximate surface area is 155 Å². The van der Waals surface area contributed by atoms with E-state index in [1.807, 2.05) is 37.3 Å². The Morgan fingerprint density at radius 2 is 2.00 bits per heavy atom. The van der Waals surface area contributed by atoms with Crippen LogP contribution in [-0.2, 0) is 14.3 Å². The van der Waals surface area contributed by atoms with Gasteiger partial charge in [0.2, 0.25) is 5.91 Å². The second kappa shape index (κ2) is 8.05. The van der Waals surface area contributed by atoms with Crippen molar-refractivity contribution in [2.24, 2.45) is 0 Å². The van der Waals surface area contributed by atoms with Crippen molar-refractivity contribution in [2.75, 3.05) is 17.7 Å². The molecule has 0 aromatic heterocycles. The Morgan fingerprint density at radius 3 is 2.77 bits per heavy atom. The van der Waals surface area contributed by atoms with E-state index in [1.165, 1.54) is 11.8 Å². The summed E-state index contributed by atoms with van der Waals surface area (Å²) in [4.78, 5) is 36.5. The first-order chi connectivity index (χ1) is 12.5. The summed E-state index contributed by atoms with van der Waals surface area (Å²) in [6.45, 7) is 1.49. The van der Waals surface area contributed by atoms with Gasteiger partial charge in [-0.3, -0.25) is 9.59 Å². The second-order valence-electron chi connectivity index (χ2n) is 5.82. The molecule has 1 atom stereocenters. The molecule has 6 nitrogen and oxygen atoms in total. The third-order valence-corrected chi connectivity index (χ3v) is 4.93. The van der Waals surface area contributed by atoms with Crippen molar-refractivity contribution in [3.63, 3.8) is 0 Å². The Hall–Kier alpha value is -2.80. The summed E-state index contributed by atoms with van der Waals surface area (Å²) in [6, 6.07) is 14.3. The lowest BCUT2D eigenvalue weighted by atomic mass is 10.1. The molecule has 2 amide bonds. The van der Waals surface area contributed by atoms with E-state index in [0.717, 1.165) is 10.5 Å². The fourth-order valence-corrected chi connectivity index (χ4v) is 3.32. The molecule has 0 bridgehead atoms. The number of carbonyl (C=O) groups excluding carboxylic acids is 3. The normalized spacial score (nSPS) is 14.0. The van der Waals surface area contributed by atoms with Crippen LogP contribution >= 0.6 is 11.8 Å². The number of esters is 1. The number of amides is 2. The molecule has 1 aliphatic heterocycles. The van der Waals surface area contributed by atoms with Crippen LogP contribution in [0, 0.1) is 0 Å². The molecule has 134 valence electrons. The zero-order valence-electron chi connectivity index (χ0n) is 14.2. The van der Waals surface area contributed by atoms with Crippen LogP contribution in [0.3, 0.4) is 0 Å². The van der Waals surface area contributed by atoms with E-state index in [9.17, 15) is 14.4 Å². The molecule has 2 N–H and O–H groups in total. The van der Waals surface area contributed by atoms with E-state index in [-0.39, 0.29) is 30.0 Å². The summed E-state index contributed by atoms with van der Waals surface area (Å²) in [6.07, 6.45) is 0. The summed E-state index contributed by atoms with van der Waals surface area (Å²) >= 11 is 1.41. The van der Waals surface area contributed by atoms with E-state index < -0.39 is 5.97 Å². The molecular formula is C19H18N2O4S. The second-order valence-corrected chi connectivity index (χ2v) is 6.84. The van der Waals surface area contributed by atoms with Crippen molar-refractivity contribution in [3.8, 4) is 0 Å². The summed E-state index contributed by atoms with van der Waals surface area (Å²) < 4.78 is 5.07. The Balaban J connectivity index is 1.54. The highest BCUT2D eigenvalue weighted by Crippen LogP contribution is 2.32. The number of fused-ring (bicyclic) bond motifs is 1. The number of benzene rings is 2. The van der Waals surface area contributed by atoms with Crippen molar-refractivity contribution < 1.29 is 19.1 Å². The van der Waals surface area contributed by atoms with Gasteiger partial charge in [-0.25, -0.2) is 4.79 Å². The minimum Gasteiger partial charge on any atom is -0.452 e. The molecule has 0 radical (unpaired) electrons. The molecular weight excluding hydrogens is 352 g/mol. The molecule has 26 heavy (non-hydrogen) atoms. The number of ether oxygens (including phenoxy) is 1. The monoisotopic (exact) mass is 370 g/mol. The minimum absolute atomic E-state index is 0.109. The first-order valence-electron chi connectivity index (χ1n) is 8.11. The summed E-state index contributed by atoms with van der Waals surface area (Å²) in [5.41, 5.74) is 1.84. The molecule has 2 aromatic carbocycles. The Bertz CT molecular complexity index is 839. The molecule has 1 heterocycles. The largest absolute Gasteiger partial charge is 0.452 e. The van der Waals surface area contributed by atoms with Gasteiger partial charge in [-0.15, -0.1) is 11.8 Å². The predicted octanol–water partition coefficient (Wildman–Crippen LogP) is 2.77. The number of rotatable bonds is 5. The SMILES string of the molecule is C[C@@H](NC(=O)COC(=O)c1ccc2c(c1)NC(=O)CS2)c1ccccc1. The van der Waals surface area contributed by atoms with Gasteiger partial charge in [0.05, 0.1) is 23.0 Å². The minimum atomic E-state index is -0.611. The van der Waals surface area contributed by atoms with Gasteiger partial charge < -0.3 is 15.4 Å². The molecule has 0 aliphatic carbocycles. The molecule has 3 rings (SSSR count). The van der Waals surface area contributed by atoms with E-state index in [2.05, 4.69) is 10.6 Å². The van der Waals surface area contributed by atoms with E-state index in [1.54, 1.807) is 18.2 Å². The van der Waals surface area contributed by atoms with Crippen LogP contribution in [0.25, 0.3) is 0 Å². The predicted molar refractivity (Wildman–Crippen MR) is 99.1 cm³/mol. The maximum Gasteiger partial charge on any atom is 0.338 e. The molecule has 2 aromatic rings. The number of anilines is 1. The zero-order valence-corrected chi connectivity index (χ0v) is 15.0. The lowest BCUT2D eigenvalue weighted by Crippen LogP contribution is -2.31. The van der Waals surface area contributed by atoms with Gasteiger partial charge in [-0.1, -0.05) is 30.3 Å². The highest BCUT2D eigenvalue weighted by molar-refractivity contribution is 8.00. The molecule has 0 saturated carbocycles. The van der Waals surface area contributed by atoms with Gasteiger partial charge in [0.1, 0.15) is 0 Å². The average Bonchev–Trinajstić information content (AvgIpc) is 2.66. The van der Waals surface area contributed by atoms with Crippen LogP contribution in [0.15, 0.2) is 53.4 Å². The maximum atomic E-state index is 12.2. The number of carbonyl (C=O) groups is 3. The first kappa shape index (κ1) is 18.0. The van der Waals surface area contributed by atoms with Crippen molar-refractivity contribution in [1.82, 2.24) is 5.32 Å². The van der Waals surface area contributed by atoms with Gasteiger partial charge in [-0.2, -0.15) is 0 Å². The summed E-state index contributed by atoms with van der Waals surface area (Å²) in [5, 5.41) is 5.50. The number of hydrogen-bond donors (Lipinski definition) is 2. The number of nitrogens with one attached hydrogen (secondary N) is 2.